The van der Waals surface area contributed by atoms with Crippen LogP contribution in [0.1, 0.15) is 0 Å². The summed E-state index contributed by atoms with van der Waals surface area (Å²) in [7, 11) is 0. The summed E-state index contributed by atoms with van der Waals surface area (Å²) in [5.74, 6) is 2.96. The van der Waals surface area contributed by atoms with Crippen LogP contribution in [0.4, 0.5) is 0 Å². The highest BCUT2D eigenvalue weighted by Gasteiger charge is 2.16. The van der Waals surface area contributed by atoms with Gasteiger partial charge in [-0.3, -0.25) is 4.79 Å². The molecule has 7 heteroatoms. The largest absolute Gasteiger partial charge is 0.486 e. The molecular formula is C17H14O6S. The first-order valence-electron chi connectivity index (χ1n) is 7.41. The summed E-state index contributed by atoms with van der Waals surface area (Å²) in [5, 5.41) is 0. The minimum Gasteiger partial charge on any atom is -0.486 e. The minimum absolute atomic E-state index is 0.187. The van der Waals surface area contributed by atoms with Gasteiger partial charge in [-0.05, 0) is 30.3 Å². The summed E-state index contributed by atoms with van der Waals surface area (Å²) in [6.45, 7) is 1.28. The van der Waals surface area contributed by atoms with Crippen LogP contribution in [-0.4, -0.2) is 31.7 Å². The van der Waals surface area contributed by atoms with Crippen LogP contribution in [-0.2, 0) is 4.79 Å². The van der Waals surface area contributed by atoms with Crippen molar-refractivity contribution in [3.63, 3.8) is 0 Å². The van der Waals surface area contributed by atoms with Gasteiger partial charge < -0.3 is 23.7 Å². The van der Waals surface area contributed by atoms with E-state index in [1.165, 1.54) is 11.8 Å². The number of fused-ring (bicyclic) bond motifs is 2. The molecule has 0 spiro atoms. The van der Waals surface area contributed by atoms with Gasteiger partial charge in [0.2, 0.25) is 6.79 Å². The fourth-order valence-corrected chi connectivity index (χ4v) is 3.06. The number of rotatable bonds is 4. The van der Waals surface area contributed by atoms with Gasteiger partial charge in [0.15, 0.2) is 23.0 Å². The maximum absolute atomic E-state index is 12.0. The first-order chi connectivity index (χ1) is 11.8. The molecule has 24 heavy (non-hydrogen) atoms. The molecule has 2 aromatic carbocycles. The van der Waals surface area contributed by atoms with Crippen molar-refractivity contribution in [1.29, 1.82) is 0 Å². The average molecular weight is 346 g/mol. The summed E-state index contributed by atoms with van der Waals surface area (Å²) >= 11 is 1.38. The van der Waals surface area contributed by atoms with Crippen LogP contribution < -0.4 is 23.7 Å². The molecule has 4 rings (SSSR count). The summed E-state index contributed by atoms with van der Waals surface area (Å²) in [6, 6.07) is 10.7. The maximum atomic E-state index is 12.0. The van der Waals surface area contributed by atoms with Gasteiger partial charge >= 0.3 is 5.97 Å². The van der Waals surface area contributed by atoms with Crippen LogP contribution >= 0.6 is 11.8 Å². The third-order valence-electron chi connectivity index (χ3n) is 3.45. The molecule has 0 aliphatic carbocycles. The van der Waals surface area contributed by atoms with E-state index in [4.69, 9.17) is 23.7 Å². The van der Waals surface area contributed by atoms with E-state index in [-0.39, 0.29) is 18.5 Å². The molecular weight excluding hydrogens is 332 g/mol. The Labute approximate surface area is 142 Å². The number of carbonyl (C=O) groups excluding carboxylic acids is 1. The third kappa shape index (κ3) is 3.21. The van der Waals surface area contributed by atoms with Gasteiger partial charge in [0.05, 0.1) is 5.75 Å². The smallest absolute Gasteiger partial charge is 0.321 e. The summed E-state index contributed by atoms with van der Waals surface area (Å²) < 4.78 is 26.8. The number of ether oxygens (including phenoxy) is 5. The zero-order valence-corrected chi connectivity index (χ0v) is 13.5. The molecule has 0 unspecified atom stereocenters. The van der Waals surface area contributed by atoms with E-state index in [1.54, 1.807) is 18.2 Å². The van der Waals surface area contributed by atoms with Gasteiger partial charge in [-0.2, -0.15) is 0 Å². The van der Waals surface area contributed by atoms with Gasteiger partial charge in [-0.1, -0.05) is 0 Å². The van der Waals surface area contributed by atoms with Crippen LogP contribution in [0, 0.1) is 0 Å². The molecule has 0 atom stereocenters. The van der Waals surface area contributed by atoms with E-state index in [9.17, 15) is 4.79 Å². The van der Waals surface area contributed by atoms with E-state index in [0.717, 1.165) is 10.6 Å². The van der Waals surface area contributed by atoms with Gasteiger partial charge in [0, 0.05) is 11.0 Å². The second-order valence-electron chi connectivity index (χ2n) is 5.08. The lowest BCUT2D eigenvalue weighted by molar-refractivity contribution is -0.131. The van der Waals surface area contributed by atoms with Crippen LogP contribution in [0.2, 0.25) is 0 Å². The first-order valence-corrected chi connectivity index (χ1v) is 8.39. The molecule has 0 N–H and O–H groups in total. The molecule has 2 aliphatic heterocycles. The van der Waals surface area contributed by atoms with Crippen LogP contribution in [0.25, 0.3) is 0 Å². The Morgan fingerprint density at radius 1 is 0.917 bits per heavy atom. The zero-order chi connectivity index (χ0) is 16.4. The summed E-state index contributed by atoms with van der Waals surface area (Å²) in [5.41, 5.74) is 0. The minimum atomic E-state index is -0.339. The molecule has 0 saturated heterocycles. The quantitative estimate of drug-likeness (QED) is 0.479. The molecule has 6 nitrogen and oxygen atoms in total. The zero-order valence-electron chi connectivity index (χ0n) is 12.7. The first kappa shape index (κ1) is 15.0. The Morgan fingerprint density at radius 3 is 2.54 bits per heavy atom. The normalized spacial score (nSPS) is 14.3. The maximum Gasteiger partial charge on any atom is 0.321 e. The van der Waals surface area contributed by atoms with Gasteiger partial charge in [-0.15, -0.1) is 11.8 Å². The fraction of sp³-hybridized carbons (Fsp3) is 0.235. The second kappa shape index (κ2) is 6.52. The highest BCUT2D eigenvalue weighted by atomic mass is 32.2. The lowest BCUT2D eigenvalue weighted by atomic mass is 10.3. The Morgan fingerprint density at radius 2 is 1.62 bits per heavy atom. The van der Waals surface area contributed by atoms with Gasteiger partial charge in [-0.25, -0.2) is 0 Å². The number of esters is 1. The van der Waals surface area contributed by atoms with Gasteiger partial charge in [0.25, 0.3) is 0 Å². The van der Waals surface area contributed by atoms with Gasteiger partial charge in [0.1, 0.15) is 19.0 Å². The fourth-order valence-electron chi connectivity index (χ4n) is 2.36. The Bertz CT molecular complexity index is 776. The van der Waals surface area contributed by atoms with Crippen LogP contribution in [0.3, 0.4) is 0 Å². The third-order valence-corrected chi connectivity index (χ3v) is 4.41. The Hall–Kier alpha value is -2.54. The molecule has 2 heterocycles. The van der Waals surface area contributed by atoms with E-state index in [1.807, 2.05) is 18.2 Å². The molecule has 0 bridgehead atoms. The summed E-state index contributed by atoms with van der Waals surface area (Å²) in [6.07, 6.45) is 0. The van der Waals surface area contributed by atoms with E-state index < -0.39 is 0 Å². The standard InChI is InChI=1S/C17H14O6S/c18-17(23-11-1-3-14-15(7-11)22-10-21-14)9-24-12-2-4-13-16(8-12)20-6-5-19-13/h1-4,7-8H,5-6,9-10H2. The Balaban J connectivity index is 1.35. The van der Waals surface area contributed by atoms with Crippen molar-refractivity contribution in [2.24, 2.45) is 0 Å². The number of hydrogen-bond donors (Lipinski definition) is 0. The lowest BCUT2D eigenvalue weighted by Gasteiger charge is -2.18. The highest BCUT2D eigenvalue weighted by molar-refractivity contribution is 8.00. The van der Waals surface area contributed by atoms with Crippen molar-refractivity contribution in [3.8, 4) is 28.7 Å². The van der Waals surface area contributed by atoms with Crippen molar-refractivity contribution >= 4 is 17.7 Å². The number of hydrogen-bond acceptors (Lipinski definition) is 7. The molecule has 0 saturated carbocycles. The second-order valence-corrected chi connectivity index (χ2v) is 6.13. The lowest BCUT2D eigenvalue weighted by Crippen LogP contribution is -2.15. The Kier molecular flexibility index (Phi) is 4.08. The topological polar surface area (TPSA) is 63.2 Å². The van der Waals surface area contributed by atoms with E-state index in [2.05, 4.69) is 0 Å². The predicted molar refractivity (Wildman–Crippen MR) is 86.4 cm³/mol. The van der Waals surface area contributed by atoms with Crippen LogP contribution in [0.5, 0.6) is 28.7 Å². The average Bonchev–Trinajstić information content (AvgIpc) is 3.07. The molecule has 0 aromatic heterocycles. The van der Waals surface area contributed by atoms with E-state index in [0.29, 0.717) is 36.2 Å². The van der Waals surface area contributed by atoms with Crippen molar-refractivity contribution < 1.29 is 28.5 Å². The highest BCUT2D eigenvalue weighted by Crippen LogP contribution is 2.36. The van der Waals surface area contributed by atoms with Crippen molar-refractivity contribution in [1.82, 2.24) is 0 Å². The SMILES string of the molecule is O=C(CSc1ccc2c(c1)OCCO2)Oc1ccc2c(c1)OCO2. The number of benzene rings is 2. The molecule has 0 fully saturated rings. The van der Waals surface area contributed by atoms with Crippen molar-refractivity contribution in [3.05, 3.63) is 36.4 Å². The predicted octanol–water partition coefficient (Wildman–Crippen LogP) is 2.88. The number of carbonyl (C=O) groups is 1. The molecule has 2 aromatic rings. The molecule has 2 aliphatic rings. The van der Waals surface area contributed by atoms with Crippen molar-refractivity contribution in [2.45, 2.75) is 4.90 Å². The molecule has 124 valence electrons. The number of thioether (sulfide) groups is 1. The van der Waals surface area contributed by atoms with Crippen LogP contribution in [0.15, 0.2) is 41.3 Å². The monoisotopic (exact) mass is 346 g/mol. The molecule has 0 amide bonds. The summed E-state index contributed by atoms with van der Waals surface area (Å²) in [4.78, 5) is 12.9. The van der Waals surface area contributed by atoms with E-state index >= 15 is 0 Å². The molecule has 0 radical (unpaired) electrons. The van der Waals surface area contributed by atoms with Crippen molar-refractivity contribution in [2.75, 3.05) is 25.8 Å².